The van der Waals surface area contributed by atoms with Gasteiger partial charge < -0.3 is 28.1 Å². The number of piperidine rings is 1. The second kappa shape index (κ2) is 18.6. The van der Waals surface area contributed by atoms with Gasteiger partial charge >= 0.3 is 29.4 Å². The minimum absolute atomic E-state index is 0.0506. The number of rotatable bonds is 9. The molecule has 17 heteroatoms. The van der Waals surface area contributed by atoms with Crippen molar-refractivity contribution in [3.8, 4) is 12.0 Å². The highest BCUT2D eigenvalue weighted by atomic mass is 16.6. The van der Waals surface area contributed by atoms with E-state index in [4.69, 9.17) is 23.2 Å². The average molecular weight is 860 g/mol. The molecule has 0 unspecified atom stereocenters. The summed E-state index contributed by atoms with van der Waals surface area (Å²) in [5.74, 6) is 0.671. The van der Waals surface area contributed by atoms with Gasteiger partial charge in [0.2, 0.25) is 11.4 Å². The van der Waals surface area contributed by atoms with E-state index in [1.807, 2.05) is 63.2 Å². The fourth-order valence-corrected chi connectivity index (χ4v) is 7.73. The maximum absolute atomic E-state index is 12.9. The molecule has 6 aromatic rings. The van der Waals surface area contributed by atoms with Crippen molar-refractivity contribution in [3.05, 3.63) is 113 Å². The quantitative estimate of drug-likeness (QED) is 0.137. The van der Waals surface area contributed by atoms with E-state index in [-0.39, 0.29) is 40.3 Å². The molecule has 4 aromatic heterocycles. The lowest BCUT2D eigenvalue weighted by molar-refractivity contribution is 0.0248. The van der Waals surface area contributed by atoms with Gasteiger partial charge in [0.15, 0.2) is 0 Å². The van der Waals surface area contributed by atoms with Crippen LogP contribution in [0.25, 0.3) is 33.0 Å². The molecule has 0 bridgehead atoms. The molecule has 2 aliphatic carbocycles. The Morgan fingerprint density at radius 2 is 1.32 bits per heavy atom. The van der Waals surface area contributed by atoms with Crippen molar-refractivity contribution in [1.82, 2.24) is 24.8 Å². The van der Waals surface area contributed by atoms with E-state index in [0.29, 0.717) is 55.8 Å². The van der Waals surface area contributed by atoms with Crippen LogP contribution < -0.4 is 32.0 Å². The molecule has 2 N–H and O–H groups in total. The summed E-state index contributed by atoms with van der Waals surface area (Å²) in [6.07, 6.45) is 10.1. The number of aromatic nitrogens is 4. The Hall–Kier alpha value is -6.91. The Labute approximate surface area is 360 Å². The molecular weight excluding hydrogens is 811 g/mol. The molecule has 1 amide bonds. The number of benzene rings is 2. The summed E-state index contributed by atoms with van der Waals surface area (Å²) >= 11 is 0. The maximum Gasteiger partial charge on any atom is 0.410 e. The molecule has 3 fully saturated rings. The highest BCUT2D eigenvalue weighted by Crippen LogP contribution is 2.34. The predicted octanol–water partition coefficient (Wildman–Crippen LogP) is 7.30. The predicted molar refractivity (Wildman–Crippen MR) is 236 cm³/mol. The van der Waals surface area contributed by atoms with Gasteiger partial charge in [-0.25, -0.2) is 14.4 Å². The van der Waals surface area contributed by atoms with E-state index >= 15 is 0 Å². The van der Waals surface area contributed by atoms with Gasteiger partial charge in [-0.05, 0) is 99.1 Å². The first-order chi connectivity index (χ1) is 30.3. The zero-order valence-corrected chi connectivity index (χ0v) is 35.5. The summed E-state index contributed by atoms with van der Waals surface area (Å²) in [5, 5.41) is 10.9. The van der Waals surface area contributed by atoms with Crippen molar-refractivity contribution >= 4 is 50.5 Å². The molecule has 0 atom stereocenters. The van der Waals surface area contributed by atoms with Crippen molar-refractivity contribution in [3.63, 3.8) is 0 Å². The Morgan fingerprint density at radius 3 is 1.94 bits per heavy atom. The van der Waals surface area contributed by atoms with E-state index in [2.05, 4.69) is 30.2 Å². The minimum atomic E-state index is -0.564. The largest absolute Gasteiger partial charge is 0.444 e. The second-order valence-electron chi connectivity index (χ2n) is 17.1. The summed E-state index contributed by atoms with van der Waals surface area (Å²) in [6.45, 7) is 6.39. The van der Waals surface area contributed by atoms with Crippen LogP contribution in [-0.2, 0) is 17.6 Å². The van der Waals surface area contributed by atoms with Crippen LogP contribution in [0, 0.1) is 5.92 Å². The molecule has 63 heavy (non-hydrogen) atoms. The number of nitrogens with one attached hydrogen (secondary N) is 2. The number of hydrogen-bond acceptors (Lipinski definition) is 14. The van der Waals surface area contributed by atoms with Gasteiger partial charge in [-0.15, -0.1) is 0 Å². The van der Waals surface area contributed by atoms with E-state index in [0.717, 1.165) is 59.9 Å². The molecule has 17 nitrogen and oxygen atoms in total. The molecule has 5 heterocycles. The number of carbonyl (C=O) groups excluding carboxylic acids is 1. The minimum Gasteiger partial charge on any atom is -0.444 e. The van der Waals surface area contributed by atoms with Crippen LogP contribution in [-0.4, -0.2) is 61.0 Å². The molecule has 1 saturated heterocycles. The zero-order valence-electron chi connectivity index (χ0n) is 35.5. The second-order valence-corrected chi connectivity index (χ2v) is 17.1. The van der Waals surface area contributed by atoms with Crippen LogP contribution in [0.15, 0.2) is 92.9 Å². The van der Waals surface area contributed by atoms with Gasteiger partial charge in [0, 0.05) is 38.1 Å². The highest BCUT2D eigenvalue weighted by molar-refractivity contribution is 5.88. The van der Waals surface area contributed by atoms with Crippen LogP contribution in [0.1, 0.15) is 102 Å². The molecule has 328 valence electrons. The van der Waals surface area contributed by atoms with Gasteiger partial charge in [-0.1, -0.05) is 72.0 Å². The summed E-state index contributed by atoms with van der Waals surface area (Å²) in [4.78, 5) is 87.6. The Morgan fingerprint density at radius 1 is 0.746 bits per heavy atom. The standard InChI is InChI=1S/C24H21N3O4.C22H28N4O6/c28-20-14-17(13-16-9-6-8-15-7-4-5-12-19(15)16)21-22(29)25-24(26-23(21)30-20)31-27-18-10-2-1-3-11-18;1-22(2,3)31-21(29)26-10-8-15(9-11-26)25-32-20-23-18(28)17-14(7-6-13-4-5-13)12-16(27)30-19(17)24-20/h4-9,12,14H,1-3,10-11,13H2,(H,25,26,29);12-13H,4-11H2,1-3H3,(H,23,24,28). The number of oxime groups is 2. The van der Waals surface area contributed by atoms with Gasteiger partial charge in [-0.3, -0.25) is 19.6 Å². The zero-order chi connectivity index (χ0) is 44.1. The number of hydrogen-bond donors (Lipinski definition) is 2. The smallest absolute Gasteiger partial charge is 0.410 e. The number of nitrogens with zero attached hydrogens (tertiary/aromatic N) is 5. The summed E-state index contributed by atoms with van der Waals surface area (Å²) < 4.78 is 15.7. The van der Waals surface area contributed by atoms with Crippen molar-refractivity contribution < 1.29 is 28.0 Å². The summed E-state index contributed by atoms with van der Waals surface area (Å²) in [6, 6.07) is 16.5. The molecule has 1 aliphatic heterocycles. The lowest BCUT2D eigenvalue weighted by Gasteiger charge is -2.30. The highest BCUT2D eigenvalue weighted by Gasteiger charge is 2.26. The first kappa shape index (κ1) is 42.8. The van der Waals surface area contributed by atoms with Crippen LogP contribution in [0.3, 0.4) is 0 Å². The number of H-pyrrole nitrogens is 2. The lowest BCUT2D eigenvalue weighted by Crippen LogP contribution is -2.42. The fraction of sp³-hybridized carbons (Fsp3) is 0.413. The molecular formula is C46H49N7O10. The lowest BCUT2D eigenvalue weighted by atomic mass is 9.98. The van der Waals surface area contributed by atoms with E-state index < -0.39 is 28.0 Å². The van der Waals surface area contributed by atoms with Gasteiger partial charge in [0.05, 0.1) is 11.4 Å². The number of aryl methyl sites for hydroxylation is 1. The first-order valence-electron chi connectivity index (χ1n) is 21.4. The number of aromatic amines is 2. The fourth-order valence-electron chi connectivity index (χ4n) is 7.73. The molecule has 0 radical (unpaired) electrons. The van der Waals surface area contributed by atoms with Crippen LogP contribution in [0.5, 0.6) is 12.0 Å². The number of fused-ring (bicyclic) bond motifs is 3. The molecule has 3 aliphatic rings. The van der Waals surface area contributed by atoms with Gasteiger partial charge in [0.25, 0.3) is 11.1 Å². The normalized spacial score (nSPS) is 15.5. The SMILES string of the molecule is CC(C)(C)OC(=O)N1CCC(=NOc2nc3oc(=O)cc(CCC4CC4)c3c(=O)[nH]2)CC1.O=c1cc(Cc2cccc3ccccc23)c2c(=O)[nH]c(ON=C3CCCCC3)nc2o1. The monoisotopic (exact) mass is 859 g/mol. The van der Waals surface area contributed by atoms with Gasteiger partial charge in [0.1, 0.15) is 16.4 Å². The number of likely N-dealkylation sites (tertiary alicyclic amines) is 1. The van der Waals surface area contributed by atoms with Crippen molar-refractivity contribution in [2.45, 2.75) is 103 Å². The average Bonchev–Trinajstić information content (AvgIpc) is 4.09. The summed E-state index contributed by atoms with van der Waals surface area (Å²) in [7, 11) is 0. The third-order valence-corrected chi connectivity index (χ3v) is 11.1. The van der Waals surface area contributed by atoms with Crippen molar-refractivity contribution in [2.24, 2.45) is 16.2 Å². The van der Waals surface area contributed by atoms with Crippen molar-refractivity contribution in [1.29, 1.82) is 0 Å². The third-order valence-electron chi connectivity index (χ3n) is 11.1. The van der Waals surface area contributed by atoms with E-state index in [1.165, 1.54) is 31.4 Å². The number of ether oxygens (including phenoxy) is 1. The van der Waals surface area contributed by atoms with E-state index in [1.54, 1.807) is 4.90 Å². The molecule has 0 spiro atoms. The number of amides is 1. The third kappa shape index (κ3) is 10.9. The molecule has 2 saturated carbocycles. The van der Waals surface area contributed by atoms with Crippen LogP contribution in [0.2, 0.25) is 0 Å². The number of carbonyl (C=O) groups is 1. The Bertz CT molecular complexity index is 2950. The van der Waals surface area contributed by atoms with Gasteiger partial charge in [-0.2, -0.15) is 9.97 Å². The molecule has 2 aromatic carbocycles. The topological polar surface area (TPSA) is 225 Å². The van der Waals surface area contributed by atoms with Crippen molar-refractivity contribution in [2.75, 3.05) is 13.1 Å². The molecule has 9 rings (SSSR count). The van der Waals surface area contributed by atoms with Crippen LogP contribution in [0.4, 0.5) is 4.79 Å². The maximum atomic E-state index is 12.9. The van der Waals surface area contributed by atoms with E-state index in [9.17, 15) is 24.0 Å². The first-order valence-corrected chi connectivity index (χ1v) is 21.4. The Kier molecular flexibility index (Phi) is 12.6. The summed E-state index contributed by atoms with van der Waals surface area (Å²) in [5.41, 5.74) is 1.26. The Balaban J connectivity index is 0.000000173. The van der Waals surface area contributed by atoms with Crippen LogP contribution >= 0.6 is 0 Å².